The molecule has 0 bridgehead atoms. The van der Waals surface area contributed by atoms with Crippen molar-refractivity contribution in [2.45, 2.75) is 39.0 Å². The van der Waals surface area contributed by atoms with E-state index in [-0.39, 0.29) is 0 Å². The maximum atomic E-state index is 3.32. The molecule has 0 radical (unpaired) electrons. The van der Waals surface area contributed by atoms with Crippen molar-refractivity contribution in [3.8, 4) is 0 Å². The third kappa shape index (κ3) is 2.85. The molecule has 1 fully saturated rings. The average Bonchev–Trinajstić information content (AvgIpc) is 3.02. The zero-order valence-electron chi connectivity index (χ0n) is 10.6. The lowest BCUT2D eigenvalue weighted by atomic mass is 9.95. The van der Waals surface area contributed by atoms with Crippen LogP contribution in [0.4, 0.5) is 0 Å². The molecule has 0 unspecified atom stereocenters. The first-order valence-corrected chi connectivity index (χ1v) is 6.50. The second-order valence-corrected chi connectivity index (χ2v) is 5.27. The van der Waals surface area contributed by atoms with Crippen LogP contribution < -0.4 is 5.32 Å². The van der Waals surface area contributed by atoms with Gasteiger partial charge in [0.15, 0.2) is 0 Å². The highest BCUT2D eigenvalue weighted by Gasteiger charge is 2.41. The molecule has 0 aromatic heterocycles. The summed E-state index contributed by atoms with van der Waals surface area (Å²) in [5.41, 5.74) is 3.57. The summed E-state index contributed by atoms with van der Waals surface area (Å²) in [6.07, 6.45) is 6.49. The van der Waals surface area contributed by atoms with Crippen molar-refractivity contribution < 1.29 is 0 Å². The van der Waals surface area contributed by atoms with E-state index < -0.39 is 0 Å². The van der Waals surface area contributed by atoms with Crippen LogP contribution in [-0.2, 0) is 12.8 Å². The molecule has 2 rings (SSSR count). The molecule has 1 aromatic carbocycles. The van der Waals surface area contributed by atoms with Crippen molar-refractivity contribution in [3.63, 3.8) is 0 Å². The molecule has 0 saturated heterocycles. The monoisotopic (exact) mass is 217 g/mol. The molecule has 0 amide bonds. The molecular weight excluding hydrogens is 194 g/mol. The minimum atomic E-state index is 0.584. The fourth-order valence-corrected chi connectivity index (χ4v) is 2.51. The number of benzene rings is 1. The molecule has 0 atom stereocenters. The smallest absolute Gasteiger partial charge is 0.000800 e. The van der Waals surface area contributed by atoms with Crippen molar-refractivity contribution in [3.05, 3.63) is 35.4 Å². The summed E-state index contributed by atoms with van der Waals surface area (Å²) in [7, 11) is 2.06. The second-order valence-electron chi connectivity index (χ2n) is 5.27. The highest BCUT2D eigenvalue weighted by atomic mass is 14.8. The molecule has 1 aliphatic rings. The lowest BCUT2D eigenvalue weighted by Crippen LogP contribution is -2.21. The van der Waals surface area contributed by atoms with Crippen LogP contribution in [0.5, 0.6) is 0 Å². The van der Waals surface area contributed by atoms with Gasteiger partial charge >= 0.3 is 0 Å². The predicted octanol–water partition coefficient (Wildman–Crippen LogP) is 3.18. The standard InChI is InChI=1S/C15H23N/c1-3-4-13-5-7-14(8-6-13)11-15(9-10-15)12-16-2/h5-8,16H,3-4,9-12H2,1-2H3. The maximum Gasteiger partial charge on any atom is 0.000800 e. The first kappa shape index (κ1) is 11.7. The first-order valence-electron chi connectivity index (χ1n) is 6.50. The van der Waals surface area contributed by atoms with E-state index in [1.807, 2.05) is 0 Å². The quantitative estimate of drug-likeness (QED) is 0.771. The normalized spacial score (nSPS) is 17.4. The van der Waals surface area contributed by atoms with Gasteiger partial charge in [-0.05, 0) is 49.3 Å². The molecule has 16 heavy (non-hydrogen) atoms. The largest absolute Gasteiger partial charge is 0.319 e. The highest BCUT2D eigenvalue weighted by Crippen LogP contribution is 2.47. The molecule has 1 aromatic rings. The zero-order valence-corrected chi connectivity index (χ0v) is 10.6. The summed E-state index contributed by atoms with van der Waals surface area (Å²) in [6, 6.07) is 9.24. The highest BCUT2D eigenvalue weighted by molar-refractivity contribution is 5.24. The van der Waals surface area contributed by atoms with Gasteiger partial charge in [0.05, 0.1) is 0 Å². The number of hydrogen-bond acceptors (Lipinski definition) is 1. The summed E-state index contributed by atoms with van der Waals surface area (Å²) in [4.78, 5) is 0. The Morgan fingerprint density at radius 1 is 1.12 bits per heavy atom. The third-order valence-corrected chi connectivity index (χ3v) is 3.65. The van der Waals surface area contributed by atoms with Crippen LogP contribution in [0.15, 0.2) is 24.3 Å². The van der Waals surface area contributed by atoms with E-state index in [9.17, 15) is 0 Å². The van der Waals surface area contributed by atoms with E-state index in [1.165, 1.54) is 49.8 Å². The van der Waals surface area contributed by atoms with Crippen molar-refractivity contribution in [2.24, 2.45) is 5.41 Å². The van der Waals surface area contributed by atoms with Crippen molar-refractivity contribution in [2.75, 3.05) is 13.6 Å². The van der Waals surface area contributed by atoms with Crippen molar-refractivity contribution in [1.82, 2.24) is 5.32 Å². The van der Waals surface area contributed by atoms with Crippen LogP contribution in [0, 0.1) is 5.41 Å². The minimum absolute atomic E-state index is 0.584. The molecule has 0 heterocycles. The van der Waals surface area contributed by atoms with Gasteiger partial charge in [0.1, 0.15) is 0 Å². The minimum Gasteiger partial charge on any atom is -0.319 e. The Morgan fingerprint density at radius 2 is 1.75 bits per heavy atom. The van der Waals surface area contributed by atoms with Crippen LogP contribution >= 0.6 is 0 Å². The lowest BCUT2D eigenvalue weighted by molar-refractivity contribution is 0.478. The van der Waals surface area contributed by atoms with Crippen LogP contribution in [0.3, 0.4) is 0 Å². The topological polar surface area (TPSA) is 12.0 Å². The van der Waals surface area contributed by atoms with Gasteiger partial charge in [0.2, 0.25) is 0 Å². The van der Waals surface area contributed by atoms with Gasteiger partial charge in [-0.25, -0.2) is 0 Å². The van der Waals surface area contributed by atoms with Crippen LogP contribution in [0.1, 0.15) is 37.3 Å². The number of rotatable bonds is 6. The Kier molecular flexibility index (Phi) is 3.65. The molecule has 1 heteroatoms. The Morgan fingerprint density at radius 3 is 2.25 bits per heavy atom. The van der Waals surface area contributed by atoms with E-state index in [4.69, 9.17) is 0 Å². The van der Waals surface area contributed by atoms with Gasteiger partial charge in [-0.2, -0.15) is 0 Å². The Hall–Kier alpha value is -0.820. The van der Waals surface area contributed by atoms with Gasteiger partial charge in [0.25, 0.3) is 0 Å². The van der Waals surface area contributed by atoms with Crippen LogP contribution in [0.25, 0.3) is 0 Å². The van der Waals surface area contributed by atoms with E-state index in [0.717, 1.165) is 0 Å². The molecule has 1 nitrogen and oxygen atoms in total. The predicted molar refractivity (Wildman–Crippen MR) is 69.7 cm³/mol. The van der Waals surface area contributed by atoms with E-state index >= 15 is 0 Å². The molecule has 0 spiro atoms. The Labute approximate surface area is 99.3 Å². The molecule has 1 saturated carbocycles. The molecule has 88 valence electrons. The molecule has 1 aliphatic carbocycles. The van der Waals surface area contributed by atoms with Crippen LogP contribution in [0.2, 0.25) is 0 Å². The van der Waals surface area contributed by atoms with Gasteiger partial charge in [-0.15, -0.1) is 0 Å². The number of nitrogens with one attached hydrogen (secondary N) is 1. The SMILES string of the molecule is CCCc1ccc(CC2(CNC)CC2)cc1. The maximum absolute atomic E-state index is 3.32. The van der Waals surface area contributed by atoms with Crippen molar-refractivity contribution in [1.29, 1.82) is 0 Å². The average molecular weight is 217 g/mol. The Balaban J connectivity index is 1.95. The van der Waals surface area contributed by atoms with Gasteiger partial charge in [-0.1, -0.05) is 37.6 Å². The lowest BCUT2D eigenvalue weighted by Gasteiger charge is -2.14. The summed E-state index contributed by atoms with van der Waals surface area (Å²) in [5, 5.41) is 3.32. The van der Waals surface area contributed by atoms with Crippen LogP contribution in [-0.4, -0.2) is 13.6 Å². The zero-order chi connectivity index (χ0) is 11.4. The van der Waals surface area contributed by atoms with E-state index in [2.05, 4.69) is 43.6 Å². The first-order chi connectivity index (χ1) is 7.78. The number of hydrogen-bond donors (Lipinski definition) is 1. The van der Waals surface area contributed by atoms with E-state index in [0.29, 0.717) is 5.41 Å². The van der Waals surface area contributed by atoms with Gasteiger partial charge in [0, 0.05) is 6.54 Å². The second kappa shape index (κ2) is 5.01. The van der Waals surface area contributed by atoms with Gasteiger partial charge < -0.3 is 5.32 Å². The molecular formula is C15H23N. The summed E-state index contributed by atoms with van der Waals surface area (Å²) >= 11 is 0. The molecule has 1 N–H and O–H groups in total. The molecule has 0 aliphatic heterocycles. The summed E-state index contributed by atoms with van der Waals surface area (Å²) in [6.45, 7) is 3.41. The third-order valence-electron chi connectivity index (χ3n) is 3.65. The van der Waals surface area contributed by atoms with Crippen molar-refractivity contribution >= 4 is 0 Å². The van der Waals surface area contributed by atoms with E-state index in [1.54, 1.807) is 0 Å². The number of aryl methyl sites for hydroxylation is 1. The fraction of sp³-hybridized carbons (Fsp3) is 0.600. The van der Waals surface area contributed by atoms with Gasteiger partial charge in [-0.3, -0.25) is 0 Å². The summed E-state index contributed by atoms with van der Waals surface area (Å²) < 4.78 is 0. The summed E-state index contributed by atoms with van der Waals surface area (Å²) in [5.74, 6) is 0. The fourth-order valence-electron chi connectivity index (χ4n) is 2.51. The Bertz CT molecular complexity index is 322.